The molecule has 3 aromatic rings. The lowest BCUT2D eigenvalue weighted by Gasteiger charge is -2.14. The Morgan fingerprint density at radius 1 is 0.952 bits per heavy atom. The van der Waals surface area contributed by atoms with Crippen LogP contribution in [0.5, 0.6) is 11.5 Å². The van der Waals surface area contributed by atoms with Crippen molar-refractivity contribution >= 4 is 26.7 Å². The molecule has 106 valence electrons. The number of aliphatic hydroxyl groups excluding tert-OH is 1. The van der Waals surface area contributed by atoms with Gasteiger partial charge in [0, 0.05) is 10.0 Å². The first kappa shape index (κ1) is 14.1. The number of aliphatic hydroxyl groups is 1. The summed E-state index contributed by atoms with van der Waals surface area (Å²) in [6, 6.07) is 19.8. The van der Waals surface area contributed by atoms with E-state index < -0.39 is 6.10 Å². The van der Waals surface area contributed by atoms with E-state index in [4.69, 9.17) is 4.74 Å². The molecule has 0 bridgehead atoms. The van der Waals surface area contributed by atoms with Gasteiger partial charge in [-0.15, -0.1) is 0 Å². The van der Waals surface area contributed by atoms with Crippen LogP contribution in [-0.2, 0) is 0 Å². The molecule has 0 saturated heterocycles. The van der Waals surface area contributed by atoms with Gasteiger partial charge >= 0.3 is 0 Å². The first-order valence-corrected chi connectivity index (χ1v) is 7.57. The van der Waals surface area contributed by atoms with Crippen LogP contribution in [0.15, 0.2) is 65.1 Å². The van der Waals surface area contributed by atoms with Crippen LogP contribution in [0.1, 0.15) is 18.6 Å². The summed E-state index contributed by atoms with van der Waals surface area (Å²) in [6.07, 6.45) is -0.575. The molecule has 3 rings (SSSR count). The summed E-state index contributed by atoms with van der Waals surface area (Å²) in [5.74, 6) is 1.42. The molecular formula is C18H15BrO2. The largest absolute Gasteiger partial charge is 0.457 e. The summed E-state index contributed by atoms with van der Waals surface area (Å²) in [5, 5.41) is 12.2. The minimum atomic E-state index is -0.575. The molecule has 0 fully saturated rings. The van der Waals surface area contributed by atoms with Crippen molar-refractivity contribution in [3.05, 3.63) is 70.7 Å². The Kier molecular flexibility index (Phi) is 3.95. The Morgan fingerprint density at radius 3 is 2.48 bits per heavy atom. The molecule has 0 radical (unpaired) electrons. The van der Waals surface area contributed by atoms with Gasteiger partial charge in [0.15, 0.2) is 0 Å². The second-order valence-electron chi connectivity index (χ2n) is 4.97. The third-order valence-electron chi connectivity index (χ3n) is 3.37. The maximum Gasteiger partial charge on any atom is 0.134 e. The second-order valence-corrected chi connectivity index (χ2v) is 5.88. The summed E-state index contributed by atoms with van der Waals surface area (Å²) < 4.78 is 6.89. The zero-order valence-corrected chi connectivity index (χ0v) is 13.2. The Balaban J connectivity index is 2.00. The van der Waals surface area contributed by atoms with Gasteiger partial charge in [0.25, 0.3) is 0 Å². The molecule has 0 aromatic heterocycles. The van der Waals surface area contributed by atoms with Crippen LogP contribution >= 0.6 is 15.9 Å². The quantitative estimate of drug-likeness (QED) is 0.685. The predicted octanol–water partition coefficient (Wildman–Crippen LogP) is 5.45. The molecule has 1 unspecified atom stereocenters. The van der Waals surface area contributed by atoms with E-state index in [0.717, 1.165) is 21.2 Å². The van der Waals surface area contributed by atoms with Crippen LogP contribution in [0.2, 0.25) is 0 Å². The van der Waals surface area contributed by atoms with E-state index in [-0.39, 0.29) is 0 Å². The number of fused-ring (bicyclic) bond motifs is 1. The van der Waals surface area contributed by atoms with Gasteiger partial charge in [0.2, 0.25) is 0 Å². The van der Waals surface area contributed by atoms with Crippen molar-refractivity contribution in [1.82, 2.24) is 0 Å². The van der Waals surface area contributed by atoms with Crippen LogP contribution < -0.4 is 4.74 Å². The molecule has 0 saturated carbocycles. The topological polar surface area (TPSA) is 29.5 Å². The summed E-state index contributed by atoms with van der Waals surface area (Å²) >= 11 is 3.44. The third-order valence-corrected chi connectivity index (χ3v) is 3.87. The maximum atomic E-state index is 9.85. The van der Waals surface area contributed by atoms with Crippen LogP contribution in [0.3, 0.4) is 0 Å². The van der Waals surface area contributed by atoms with Crippen molar-refractivity contribution in [1.29, 1.82) is 0 Å². The third kappa shape index (κ3) is 3.09. The highest BCUT2D eigenvalue weighted by Gasteiger charge is 2.11. The van der Waals surface area contributed by atoms with Crippen molar-refractivity contribution in [3.8, 4) is 11.5 Å². The molecule has 3 heteroatoms. The van der Waals surface area contributed by atoms with Gasteiger partial charge in [-0.2, -0.15) is 0 Å². The highest BCUT2D eigenvalue weighted by atomic mass is 79.9. The second kappa shape index (κ2) is 5.88. The monoisotopic (exact) mass is 342 g/mol. The van der Waals surface area contributed by atoms with Crippen molar-refractivity contribution in [2.75, 3.05) is 0 Å². The number of hydrogen-bond acceptors (Lipinski definition) is 2. The smallest absolute Gasteiger partial charge is 0.134 e. The molecule has 1 atom stereocenters. The van der Waals surface area contributed by atoms with E-state index in [1.54, 1.807) is 6.92 Å². The highest BCUT2D eigenvalue weighted by Crippen LogP contribution is 2.33. The molecule has 0 aliphatic heterocycles. The average Bonchev–Trinajstić information content (AvgIpc) is 2.47. The minimum absolute atomic E-state index is 0.575. The number of benzene rings is 3. The van der Waals surface area contributed by atoms with Crippen molar-refractivity contribution in [2.45, 2.75) is 13.0 Å². The van der Waals surface area contributed by atoms with Gasteiger partial charge in [0.05, 0.1) is 6.10 Å². The molecule has 2 nitrogen and oxygen atoms in total. The van der Waals surface area contributed by atoms with E-state index in [2.05, 4.69) is 28.1 Å². The maximum absolute atomic E-state index is 9.85. The normalized spacial score (nSPS) is 12.3. The number of rotatable bonds is 3. The molecule has 1 N–H and O–H groups in total. The molecule has 21 heavy (non-hydrogen) atoms. The molecule has 0 aliphatic rings. The van der Waals surface area contributed by atoms with Gasteiger partial charge < -0.3 is 9.84 Å². The summed E-state index contributed by atoms with van der Waals surface area (Å²) in [4.78, 5) is 0. The van der Waals surface area contributed by atoms with E-state index in [0.29, 0.717) is 5.75 Å². The molecule has 3 aromatic carbocycles. The van der Waals surface area contributed by atoms with Gasteiger partial charge in [-0.05, 0) is 42.0 Å². The Hall–Kier alpha value is -1.84. The zero-order chi connectivity index (χ0) is 14.8. The number of hydrogen-bond donors (Lipinski definition) is 1. The summed E-state index contributed by atoms with van der Waals surface area (Å²) in [7, 11) is 0. The van der Waals surface area contributed by atoms with E-state index in [1.807, 2.05) is 48.5 Å². The fraction of sp³-hybridized carbons (Fsp3) is 0.111. The first-order chi connectivity index (χ1) is 10.1. The van der Waals surface area contributed by atoms with Gasteiger partial charge in [-0.1, -0.05) is 52.3 Å². The fourth-order valence-corrected chi connectivity index (χ4v) is 2.64. The fourth-order valence-electron chi connectivity index (χ4n) is 2.30. The van der Waals surface area contributed by atoms with E-state index >= 15 is 0 Å². The Bertz CT molecular complexity index is 781. The lowest BCUT2D eigenvalue weighted by molar-refractivity contribution is 0.195. The van der Waals surface area contributed by atoms with Gasteiger partial charge in [-0.25, -0.2) is 0 Å². The van der Waals surface area contributed by atoms with Crippen LogP contribution in [0.4, 0.5) is 0 Å². The SMILES string of the molecule is CC(O)c1ccc(Br)cc1Oc1ccc2ccccc2c1. The molecule has 0 heterocycles. The van der Waals surface area contributed by atoms with E-state index in [1.165, 1.54) is 5.39 Å². The Morgan fingerprint density at radius 2 is 1.71 bits per heavy atom. The lowest BCUT2D eigenvalue weighted by atomic mass is 10.1. The van der Waals surface area contributed by atoms with Crippen LogP contribution in [0, 0.1) is 0 Å². The lowest BCUT2D eigenvalue weighted by Crippen LogP contribution is -1.96. The highest BCUT2D eigenvalue weighted by molar-refractivity contribution is 9.10. The van der Waals surface area contributed by atoms with Crippen molar-refractivity contribution in [3.63, 3.8) is 0 Å². The average molecular weight is 343 g/mol. The van der Waals surface area contributed by atoms with Crippen molar-refractivity contribution in [2.24, 2.45) is 0 Å². The molecule has 0 aliphatic carbocycles. The van der Waals surface area contributed by atoms with Crippen LogP contribution in [-0.4, -0.2) is 5.11 Å². The first-order valence-electron chi connectivity index (χ1n) is 6.77. The van der Waals surface area contributed by atoms with Crippen molar-refractivity contribution < 1.29 is 9.84 Å². The zero-order valence-electron chi connectivity index (χ0n) is 11.6. The minimum Gasteiger partial charge on any atom is -0.457 e. The number of ether oxygens (including phenoxy) is 1. The van der Waals surface area contributed by atoms with E-state index in [9.17, 15) is 5.11 Å². The predicted molar refractivity (Wildman–Crippen MR) is 88.8 cm³/mol. The molecule has 0 spiro atoms. The van der Waals surface area contributed by atoms with Gasteiger partial charge in [0.1, 0.15) is 11.5 Å². The van der Waals surface area contributed by atoms with Gasteiger partial charge in [-0.3, -0.25) is 0 Å². The molecular weight excluding hydrogens is 328 g/mol. The summed E-state index contributed by atoms with van der Waals surface area (Å²) in [5.41, 5.74) is 0.770. The number of halogens is 1. The Labute approximate surface area is 132 Å². The molecule has 0 amide bonds. The standard InChI is InChI=1S/C18H15BrO2/c1-12(20)17-9-7-15(19)11-18(17)21-16-8-6-13-4-2-3-5-14(13)10-16/h2-12,20H,1H3. The summed E-state index contributed by atoms with van der Waals surface area (Å²) in [6.45, 7) is 1.73. The van der Waals surface area contributed by atoms with Crippen LogP contribution in [0.25, 0.3) is 10.8 Å².